The lowest BCUT2D eigenvalue weighted by atomic mass is 9.93. The van der Waals surface area contributed by atoms with Crippen molar-refractivity contribution >= 4 is 23.1 Å². The van der Waals surface area contributed by atoms with Crippen LogP contribution in [0.3, 0.4) is 0 Å². The molecule has 0 aliphatic heterocycles. The summed E-state index contributed by atoms with van der Waals surface area (Å²) in [5.41, 5.74) is 0.447. The molecule has 2 rings (SSSR count). The molecule has 0 amide bonds. The van der Waals surface area contributed by atoms with Gasteiger partial charge in [-0.25, -0.2) is 4.98 Å². The molecule has 86 valence electrons. The van der Waals surface area contributed by atoms with E-state index in [1.807, 2.05) is 0 Å². The number of nitro groups is 1. The Morgan fingerprint density at radius 2 is 2.31 bits per heavy atom. The summed E-state index contributed by atoms with van der Waals surface area (Å²) in [6, 6.07) is 0.312. The quantitative estimate of drug-likeness (QED) is 0.653. The van der Waals surface area contributed by atoms with Crippen molar-refractivity contribution in [2.75, 3.05) is 5.32 Å². The SMILES string of the molecule is Cc1c(Cl)cnc(NC2CCC2)c1[N+](=O)[O-]. The number of rotatable bonds is 3. The van der Waals surface area contributed by atoms with Crippen LogP contribution in [0.1, 0.15) is 24.8 Å². The first-order valence-electron chi connectivity index (χ1n) is 5.15. The normalized spacial score (nSPS) is 15.6. The van der Waals surface area contributed by atoms with Gasteiger partial charge in [0.15, 0.2) is 0 Å². The second-order valence-corrected chi connectivity index (χ2v) is 4.36. The van der Waals surface area contributed by atoms with Crippen LogP contribution in [-0.4, -0.2) is 15.9 Å². The third kappa shape index (κ3) is 1.95. The predicted molar refractivity (Wildman–Crippen MR) is 61.9 cm³/mol. The smallest absolute Gasteiger partial charge is 0.315 e. The van der Waals surface area contributed by atoms with Crippen LogP contribution < -0.4 is 5.32 Å². The monoisotopic (exact) mass is 241 g/mol. The molecule has 1 heterocycles. The van der Waals surface area contributed by atoms with Crippen molar-refractivity contribution in [1.29, 1.82) is 0 Å². The molecular formula is C10H12ClN3O2. The molecule has 1 saturated carbocycles. The molecular weight excluding hydrogens is 230 g/mol. The molecule has 1 aliphatic rings. The van der Waals surface area contributed by atoms with Gasteiger partial charge >= 0.3 is 5.69 Å². The Hall–Kier alpha value is -1.36. The van der Waals surface area contributed by atoms with E-state index in [1.54, 1.807) is 6.92 Å². The molecule has 0 atom stereocenters. The largest absolute Gasteiger partial charge is 0.362 e. The zero-order valence-corrected chi connectivity index (χ0v) is 9.62. The number of pyridine rings is 1. The Bertz CT molecular complexity index is 432. The third-order valence-corrected chi connectivity index (χ3v) is 3.25. The Morgan fingerprint density at radius 3 is 2.81 bits per heavy atom. The minimum Gasteiger partial charge on any atom is -0.362 e. The molecule has 1 fully saturated rings. The van der Waals surface area contributed by atoms with E-state index in [2.05, 4.69) is 10.3 Å². The molecule has 1 aromatic heterocycles. The Kier molecular flexibility index (Phi) is 2.96. The molecule has 6 heteroatoms. The molecule has 0 aromatic carbocycles. The van der Waals surface area contributed by atoms with Crippen molar-refractivity contribution in [2.24, 2.45) is 0 Å². The lowest BCUT2D eigenvalue weighted by Crippen LogP contribution is -2.28. The van der Waals surface area contributed by atoms with E-state index in [0.717, 1.165) is 19.3 Å². The van der Waals surface area contributed by atoms with Crippen molar-refractivity contribution in [3.63, 3.8) is 0 Å². The van der Waals surface area contributed by atoms with Crippen LogP contribution >= 0.6 is 11.6 Å². The summed E-state index contributed by atoms with van der Waals surface area (Å²) < 4.78 is 0. The molecule has 0 spiro atoms. The summed E-state index contributed by atoms with van der Waals surface area (Å²) in [5, 5.41) is 14.4. The van der Waals surface area contributed by atoms with Crippen LogP contribution in [0.5, 0.6) is 0 Å². The average molecular weight is 242 g/mol. The maximum absolute atomic E-state index is 10.9. The van der Waals surface area contributed by atoms with Gasteiger partial charge in [-0.15, -0.1) is 0 Å². The van der Waals surface area contributed by atoms with Gasteiger partial charge in [-0.1, -0.05) is 11.6 Å². The van der Waals surface area contributed by atoms with E-state index in [-0.39, 0.29) is 5.69 Å². The Labute approximate surface area is 98.0 Å². The van der Waals surface area contributed by atoms with Gasteiger partial charge in [0.25, 0.3) is 0 Å². The Balaban J connectivity index is 2.35. The third-order valence-electron chi connectivity index (χ3n) is 2.87. The van der Waals surface area contributed by atoms with Crippen molar-refractivity contribution < 1.29 is 4.92 Å². The van der Waals surface area contributed by atoms with Crippen LogP contribution in [0, 0.1) is 17.0 Å². The van der Waals surface area contributed by atoms with Gasteiger partial charge in [0.05, 0.1) is 15.5 Å². The minimum absolute atomic E-state index is 0.0144. The number of nitrogens with zero attached hydrogens (tertiary/aromatic N) is 2. The molecule has 0 bridgehead atoms. The average Bonchev–Trinajstić information content (AvgIpc) is 2.16. The number of hydrogen-bond donors (Lipinski definition) is 1. The lowest BCUT2D eigenvalue weighted by Gasteiger charge is -2.26. The van der Waals surface area contributed by atoms with Gasteiger partial charge in [-0.3, -0.25) is 10.1 Å². The molecule has 1 aliphatic carbocycles. The van der Waals surface area contributed by atoms with Gasteiger partial charge in [0, 0.05) is 12.2 Å². The molecule has 1 aromatic rings. The first kappa shape index (κ1) is 11.1. The van der Waals surface area contributed by atoms with E-state index >= 15 is 0 Å². The Morgan fingerprint density at radius 1 is 1.62 bits per heavy atom. The highest BCUT2D eigenvalue weighted by Crippen LogP contribution is 2.33. The van der Waals surface area contributed by atoms with Crippen LogP contribution in [-0.2, 0) is 0 Å². The van der Waals surface area contributed by atoms with E-state index in [4.69, 9.17) is 11.6 Å². The zero-order chi connectivity index (χ0) is 11.7. The molecule has 1 N–H and O–H groups in total. The van der Waals surface area contributed by atoms with Crippen LogP contribution in [0.25, 0.3) is 0 Å². The fourth-order valence-corrected chi connectivity index (χ4v) is 1.78. The second-order valence-electron chi connectivity index (χ2n) is 3.96. The van der Waals surface area contributed by atoms with Crippen molar-refractivity contribution in [1.82, 2.24) is 4.98 Å². The van der Waals surface area contributed by atoms with Crippen LogP contribution in [0.15, 0.2) is 6.20 Å². The highest BCUT2D eigenvalue weighted by atomic mass is 35.5. The number of nitrogens with one attached hydrogen (secondary N) is 1. The number of aromatic nitrogens is 1. The van der Waals surface area contributed by atoms with Gasteiger partial charge in [0.1, 0.15) is 0 Å². The maximum Gasteiger partial charge on any atom is 0.315 e. The molecule has 0 saturated heterocycles. The fraction of sp³-hybridized carbons (Fsp3) is 0.500. The fourth-order valence-electron chi connectivity index (χ4n) is 1.64. The van der Waals surface area contributed by atoms with Crippen LogP contribution in [0.2, 0.25) is 5.02 Å². The highest BCUT2D eigenvalue weighted by molar-refractivity contribution is 6.31. The minimum atomic E-state index is -0.435. The maximum atomic E-state index is 10.9. The standard InChI is InChI=1S/C10H12ClN3O2/c1-6-8(11)5-12-10(9(6)14(15)16)13-7-3-2-4-7/h5,7H,2-4H2,1H3,(H,12,13). The van der Waals surface area contributed by atoms with Crippen molar-refractivity contribution in [3.05, 3.63) is 26.9 Å². The summed E-state index contributed by atoms with van der Waals surface area (Å²) in [6.07, 6.45) is 4.70. The first-order valence-corrected chi connectivity index (χ1v) is 5.53. The molecule has 0 radical (unpaired) electrons. The van der Waals surface area contributed by atoms with E-state index < -0.39 is 4.92 Å². The predicted octanol–water partition coefficient (Wildman–Crippen LogP) is 2.92. The highest BCUT2D eigenvalue weighted by Gasteiger charge is 2.25. The number of halogens is 1. The number of anilines is 1. The molecule has 16 heavy (non-hydrogen) atoms. The van der Waals surface area contributed by atoms with Gasteiger partial charge in [0.2, 0.25) is 5.82 Å². The second kappa shape index (κ2) is 4.25. The topological polar surface area (TPSA) is 68.1 Å². The van der Waals surface area contributed by atoms with E-state index in [9.17, 15) is 10.1 Å². The van der Waals surface area contributed by atoms with E-state index in [0.29, 0.717) is 22.4 Å². The summed E-state index contributed by atoms with van der Waals surface area (Å²) in [5.74, 6) is 0.330. The van der Waals surface area contributed by atoms with E-state index in [1.165, 1.54) is 6.20 Å². The zero-order valence-electron chi connectivity index (χ0n) is 8.86. The lowest BCUT2D eigenvalue weighted by molar-refractivity contribution is -0.384. The van der Waals surface area contributed by atoms with Gasteiger partial charge in [-0.2, -0.15) is 0 Å². The van der Waals surface area contributed by atoms with Gasteiger partial charge < -0.3 is 5.32 Å². The summed E-state index contributed by atoms with van der Waals surface area (Å²) >= 11 is 5.82. The van der Waals surface area contributed by atoms with Crippen molar-refractivity contribution in [2.45, 2.75) is 32.2 Å². The molecule has 5 nitrogen and oxygen atoms in total. The summed E-state index contributed by atoms with van der Waals surface area (Å²) in [6.45, 7) is 1.63. The molecule has 0 unspecified atom stereocenters. The van der Waals surface area contributed by atoms with Crippen molar-refractivity contribution in [3.8, 4) is 0 Å². The summed E-state index contributed by atoms with van der Waals surface area (Å²) in [7, 11) is 0. The van der Waals surface area contributed by atoms with Gasteiger partial charge in [-0.05, 0) is 26.2 Å². The van der Waals surface area contributed by atoms with Crippen LogP contribution in [0.4, 0.5) is 11.5 Å². The first-order chi connectivity index (χ1) is 7.59. The summed E-state index contributed by atoms with van der Waals surface area (Å²) in [4.78, 5) is 14.5. The number of hydrogen-bond acceptors (Lipinski definition) is 4.